The SMILES string of the molecule is CCCCCCCC[N+](C)(CCCO)CCCCCCCC.Cc1ccc(S(=O)(=O)[O-])cc1. The summed E-state index contributed by atoms with van der Waals surface area (Å²) >= 11 is 0. The van der Waals surface area contributed by atoms with E-state index in [1.165, 1.54) is 107 Å². The Hall–Kier alpha value is -0.950. The molecule has 0 aliphatic carbocycles. The van der Waals surface area contributed by atoms with Gasteiger partial charge in [-0.3, -0.25) is 0 Å². The van der Waals surface area contributed by atoms with Crippen LogP contribution in [0.1, 0.15) is 103 Å². The molecule has 0 heterocycles. The molecular weight excluding hydrogens is 434 g/mol. The van der Waals surface area contributed by atoms with E-state index in [2.05, 4.69) is 20.9 Å². The predicted octanol–water partition coefficient (Wildman–Crippen LogP) is 6.44. The number of unbranched alkanes of at least 4 members (excludes halogenated alkanes) is 10. The third-order valence-electron chi connectivity index (χ3n) is 6.27. The molecule has 6 heteroatoms. The van der Waals surface area contributed by atoms with Crippen LogP contribution in [0.15, 0.2) is 29.2 Å². The molecule has 1 N–H and O–H groups in total. The van der Waals surface area contributed by atoms with Crippen LogP contribution in [0.3, 0.4) is 0 Å². The molecule has 0 spiro atoms. The van der Waals surface area contributed by atoms with E-state index in [-0.39, 0.29) is 4.90 Å². The summed E-state index contributed by atoms with van der Waals surface area (Å²) < 4.78 is 32.3. The van der Waals surface area contributed by atoms with Crippen molar-refractivity contribution in [2.75, 3.05) is 33.3 Å². The van der Waals surface area contributed by atoms with Crippen LogP contribution in [-0.4, -0.2) is 55.8 Å². The van der Waals surface area contributed by atoms with Gasteiger partial charge in [-0.15, -0.1) is 0 Å². The maximum absolute atomic E-state index is 10.4. The van der Waals surface area contributed by atoms with Crippen molar-refractivity contribution in [3.8, 4) is 0 Å². The minimum atomic E-state index is -4.27. The molecule has 0 bridgehead atoms. The van der Waals surface area contributed by atoms with Crippen LogP contribution in [0, 0.1) is 6.92 Å². The lowest BCUT2D eigenvalue weighted by Crippen LogP contribution is -2.46. The zero-order valence-corrected chi connectivity index (χ0v) is 22.7. The Kier molecular flexibility index (Phi) is 18.8. The van der Waals surface area contributed by atoms with Crippen molar-refractivity contribution in [3.05, 3.63) is 29.8 Å². The summed E-state index contributed by atoms with van der Waals surface area (Å²) in [7, 11) is -1.86. The molecule has 0 saturated carbocycles. The van der Waals surface area contributed by atoms with Gasteiger partial charge in [0, 0.05) is 13.0 Å². The fourth-order valence-electron chi connectivity index (χ4n) is 4.04. The minimum Gasteiger partial charge on any atom is -0.744 e. The third-order valence-corrected chi connectivity index (χ3v) is 7.12. The number of benzene rings is 1. The Labute approximate surface area is 204 Å². The molecule has 33 heavy (non-hydrogen) atoms. The van der Waals surface area contributed by atoms with E-state index in [1.807, 2.05) is 6.92 Å². The summed E-state index contributed by atoms with van der Waals surface area (Å²) in [5, 5.41) is 9.16. The molecule has 0 amide bonds. The van der Waals surface area contributed by atoms with Crippen LogP contribution < -0.4 is 0 Å². The average molecular weight is 486 g/mol. The first-order chi connectivity index (χ1) is 15.7. The number of aliphatic hydroxyl groups excluding tert-OH is 1. The Morgan fingerprint density at radius 2 is 1.12 bits per heavy atom. The number of rotatable bonds is 18. The Morgan fingerprint density at radius 3 is 1.52 bits per heavy atom. The second kappa shape index (κ2) is 19.4. The number of hydrogen-bond donors (Lipinski definition) is 1. The van der Waals surface area contributed by atoms with E-state index >= 15 is 0 Å². The molecule has 0 aliphatic rings. The molecule has 5 nitrogen and oxygen atoms in total. The first-order valence-corrected chi connectivity index (χ1v) is 14.6. The Morgan fingerprint density at radius 1 is 0.727 bits per heavy atom. The Balaban J connectivity index is 0.000000771. The maximum Gasteiger partial charge on any atom is 0.124 e. The monoisotopic (exact) mass is 485 g/mol. The quantitative estimate of drug-likeness (QED) is 0.147. The highest BCUT2D eigenvalue weighted by molar-refractivity contribution is 7.85. The lowest BCUT2D eigenvalue weighted by atomic mass is 10.1. The molecule has 0 aliphatic heterocycles. The van der Waals surface area contributed by atoms with Crippen molar-refractivity contribution in [1.82, 2.24) is 0 Å². The van der Waals surface area contributed by atoms with E-state index in [9.17, 15) is 13.0 Å². The van der Waals surface area contributed by atoms with Crippen molar-refractivity contribution in [1.29, 1.82) is 0 Å². The van der Waals surface area contributed by atoms with Crippen LogP contribution >= 0.6 is 0 Å². The second-order valence-corrected chi connectivity index (χ2v) is 11.0. The highest BCUT2D eigenvalue weighted by Crippen LogP contribution is 2.14. The van der Waals surface area contributed by atoms with Gasteiger partial charge < -0.3 is 14.1 Å². The molecule has 0 atom stereocenters. The van der Waals surface area contributed by atoms with Crippen LogP contribution in [0.4, 0.5) is 0 Å². The molecule has 0 aromatic heterocycles. The summed E-state index contributed by atoms with van der Waals surface area (Å²) in [5.74, 6) is 0. The van der Waals surface area contributed by atoms with Gasteiger partial charge in [-0.1, -0.05) is 82.9 Å². The minimum absolute atomic E-state index is 0.178. The summed E-state index contributed by atoms with van der Waals surface area (Å²) in [5.41, 5.74) is 0.928. The normalized spacial score (nSPS) is 11.8. The van der Waals surface area contributed by atoms with Gasteiger partial charge in [0.2, 0.25) is 0 Å². The lowest BCUT2D eigenvalue weighted by molar-refractivity contribution is -0.910. The van der Waals surface area contributed by atoms with Gasteiger partial charge in [0.05, 0.1) is 31.6 Å². The van der Waals surface area contributed by atoms with Gasteiger partial charge >= 0.3 is 0 Å². The highest BCUT2D eigenvalue weighted by atomic mass is 32.2. The molecule has 1 aromatic carbocycles. The molecule has 1 rings (SSSR count). The van der Waals surface area contributed by atoms with E-state index < -0.39 is 10.1 Å². The van der Waals surface area contributed by atoms with Crippen molar-refractivity contribution < 1.29 is 22.6 Å². The van der Waals surface area contributed by atoms with Crippen molar-refractivity contribution in [2.24, 2.45) is 0 Å². The third kappa shape index (κ3) is 18.1. The number of quaternary nitrogens is 1. The topological polar surface area (TPSA) is 77.4 Å². The molecule has 0 saturated heterocycles. The van der Waals surface area contributed by atoms with Crippen LogP contribution in [0.5, 0.6) is 0 Å². The average Bonchev–Trinajstić information content (AvgIpc) is 2.77. The zero-order valence-electron chi connectivity index (χ0n) is 21.9. The molecule has 0 unspecified atom stereocenters. The maximum atomic E-state index is 10.4. The van der Waals surface area contributed by atoms with Crippen LogP contribution in [0.25, 0.3) is 0 Å². The highest BCUT2D eigenvalue weighted by Gasteiger charge is 2.19. The first-order valence-electron chi connectivity index (χ1n) is 13.2. The number of aliphatic hydroxyl groups is 1. The summed E-state index contributed by atoms with van der Waals surface area (Å²) in [4.78, 5) is -0.178. The van der Waals surface area contributed by atoms with E-state index in [0.29, 0.717) is 6.61 Å². The Bertz CT molecular complexity index is 658. The van der Waals surface area contributed by atoms with E-state index in [0.717, 1.165) is 18.5 Å². The fraction of sp³-hybridized carbons (Fsp3) is 0.778. The van der Waals surface area contributed by atoms with Crippen molar-refractivity contribution >= 4 is 10.1 Å². The van der Waals surface area contributed by atoms with Crippen molar-refractivity contribution in [3.63, 3.8) is 0 Å². The van der Waals surface area contributed by atoms with Gasteiger partial charge in [-0.05, 0) is 44.7 Å². The van der Waals surface area contributed by atoms with Crippen LogP contribution in [-0.2, 0) is 10.1 Å². The number of hydrogen-bond acceptors (Lipinski definition) is 4. The zero-order chi connectivity index (χ0) is 25.0. The lowest BCUT2D eigenvalue weighted by Gasteiger charge is -2.35. The number of aryl methyl sites for hydroxylation is 1. The fourth-order valence-corrected chi connectivity index (χ4v) is 4.51. The largest absolute Gasteiger partial charge is 0.744 e. The summed E-state index contributed by atoms with van der Waals surface area (Å²) in [6.07, 6.45) is 17.6. The van der Waals surface area contributed by atoms with Gasteiger partial charge in [-0.2, -0.15) is 0 Å². The van der Waals surface area contributed by atoms with Gasteiger partial charge in [-0.25, -0.2) is 8.42 Å². The molecule has 0 fully saturated rings. The van der Waals surface area contributed by atoms with E-state index in [4.69, 9.17) is 5.11 Å². The van der Waals surface area contributed by atoms with E-state index in [1.54, 1.807) is 12.1 Å². The van der Waals surface area contributed by atoms with Crippen molar-refractivity contribution in [2.45, 2.75) is 109 Å². The smallest absolute Gasteiger partial charge is 0.124 e. The standard InChI is InChI=1S/C20H44NO.C7H8O3S/c1-4-6-8-10-12-14-17-21(3,19-16-20-22)18-15-13-11-9-7-5-2;1-6-2-4-7(5-3-6)11(8,9)10/h22H,4-20H2,1-3H3;2-5H,1H3,(H,8,9,10)/q+1;/p-1. The van der Waals surface area contributed by atoms with Gasteiger partial charge in [0.1, 0.15) is 10.1 Å². The van der Waals surface area contributed by atoms with Crippen LogP contribution in [0.2, 0.25) is 0 Å². The second-order valence-electron chi connectivity index (χ2n) is 9.67. The first kappa shape index (κ1) is 32.0. The molecule has 194 valence electrons. The number of nitrogens with zero attached hydrogens (tertiary/aromatic N) is 1. The summed E-state index contributed by atoms with van der Waals surface area (Å²) in [6, 6.07) is 5.78. The van der Waals surface area contributed by atoms with Gasteiger partial charge in [0.25, 0.3) is 0 Å². The van der Waals surface area contributed by atoms with Gasteiger partial charge in [0.15, 0.2) is 0 Å². The molecule has 0 radical (unpaired) electrons. The molecular formula is C27H51NO4S. The molecule has 1 aromatic rings. The predicted molar refractivity (Wildman–Crippen MR) is 138 cm³/mol. The summed E-state index contributed by atoms with van der Waals surface area (Å²) in [6.45, 7) is 10.5.